The molecule has 2 aliphatic rings. The first-order valence-electron chi connectivity index (χ1n) is 7.69. The Labute approximate surface area is 151 Å². The van der Waals surface area contributed by atoms with E-state index in [-0.39, 0.29) is 21.5 Å². The number of hydrogen-bond acceptors (Lipinski definition) is 4. The van der Waals surface area contributed by atoms with Crippen LogP contribution in [0.15, 0.2) is 34.7 Å². The van der Waals surface area contributed by atoms with Crippen LogP contribution in [0.3, 0.4) is 0 Å². The fourth-order valence-corrected chi connectivity index (χ4v) is 3.99. The number of dihydropyridines is 1. The van der Waals surface area contributed by atoms with E-state index < -0.39 is 5.92 Å². The summed E-state index contributed by atoms with van der Waals surface area (Å²) in [5.41, 5.74) is 3.27. The zero-order chi connectivity index (χ0) is 17.6. The molecule has 0 saturated carbocycles. The molecule has 1 aliphatic carbocycles. The minimum atomic E-state index is -0.493. The van der Waals surface area contributed by atoms with Gasteiger partial charge in [0, 0.05) is 29.0 Å². The Morgan fingerprint density at radius 1 is 1.33 bits per heavy atom. The molecule has 4 nitrogen and oxygen atoms in total. The van der Waals surface area contributed by atoms with Crippen LogP contribution >= 0.6 is 23.2 Å². The average molecular weight is 362 g/mol. The van der Waals surface area contributed by atoms with Crippen molar-refractivity contribution in [2.75, 3.05) is 0 Å². The van der Waals surface area contributed by atoms with E-state index in [0.29, 0.717) is 23.1 Å². The molecule has 0 bridgehead atoms. The van der Waals surface area contributed by atoms with Crippen LogP contribution in [0, 0.1) is 16.7 Å². The lowest BCUT2D eigenvalue weighted by molar-refractivity contribution is -0.118. The fourth-order valence-electron chi connectivity index (χ4n) is 3.53. The van der Waals surface area contributed by atoms with Crippen molar-refractivity contribution in [1.29, 1.82) is 5.26 Å². The number of rotatable bonds is 1. The van der Waals surface area contributed by atoms with E-state index in [0.717, 1.165) is 17.8 Å². The molecule has 0 unspecified atom stereocenters. The Balaban J connectivity index is 2.22. The summed E-state index contributed by atoms with van der Waals surface area (Å²) < 4.78 is 0. The van der Waals surface area contributed by atoms with Crippen molar-refractivity contribution in [1.82, 2.24) is 10.3 Å². The van der Waals surface area contributed by atoms with E-state index in [2.05, 4.69) is 30.2 Å². The molecular weight excluding hydrogens is 345 g/mol. The number of allylic oxidation sites excluding steroid dienone is 4. The number of ketones is 1. The number of carbonyl (C=O) groups is 1. The lowest BCUT2D eigenvalue weighted by Gasteiger charge is -2.38. The normalized spacial score (nSPS) is 22.8. The molecule has 2 heterocycles. The van der Waals surface area contributed by atoms with Crippen molar-refractivity contribution in [3.05, 3.63) is 50.5 Å². The number of aromatic nitrogens is 1. The first-order chi connectivity index (χ1) is 11.2. The number of hydrogen-bond donors (Lipinski definition) is 1. The number of pyridine rings is 1. The molecule has 24 heavy (non-hydrogen) atoms. The van der Waals surface area contributed by atoms with Crippen LogP contribution < -0.4 is 5.32 Å². The highest BCUT2D eigenvalue weighted by atomic mass is 35.5. The van der Waals surface area contributed by atoms with E-state index in [9.17, 15) is 10.1 Å². The maximum absolute atomic E-state index is 12.9. The number of carbonyl (C=O) groups excluding carboxylic acids is 1. The SMILES string of the molecule is CC1=C(C#N)[C@H](c2ccc(Cl)nc2Cl)C2=C(CC(C)(C)CC2=O)N1. The van der Waals surface area contributed by atoms with Crippen molar-refractivity contribution in [3.8, 4) is 6.07 Å². The topological polar surface area (TPSA) is 65.8 Å². The summed E-state index contributed by atoms with van der Waals surface area (Å²) in [6.07, 6.45) is 1.19. The summed E-state index contributed by atoms with van der Waals surface area (Å²) in [7, 11) is 0. The van der Waals surface area contributed by atoms with Gasteiger partial charge in [-0.05, 0) is 24.8 Å². The van der Waals surface area contributed by atoms with Crippen molar-refractivity contribution in [3.63, 3.8) is 0 Å². The molecular formula is C18H17Cl2N3O. The maximum Gasteiger partial charge on any atom is 0.162 e. The molecule has 6 heteroatoms. The first-order valence-corrected chi connectivity index (χ1v) is 8.45. The molecule has 1 aromatic rings. The van der Waals surface area contributed by atoms with Gasteiger partial charge in [0.1, 0.15) is 10.3 Å². The van der Waals surface area contributed by atoms with Crippen LogP contribution in [-0.2, 0) is 4.79 Å². The average Bonchev–Trinajstić information content (AvgIpc) is 2.44. The number of nitrogens with one attached hydrogen (secondary N) is 1. The summed E-state index contributed by atoms with van der Waals surface area (Å²) in [4.78, 5) is 16.9. The molecule has 0 amide bonds. The molecule has 0 radical (unpaired) electrons. The Morgan fingerprint density at radius 3 is 2.67 bits per heavy atom. The minimum Gasteiger partial charge on any atom is -0.361 e. The highest BCUT2D eigenvalue weighted by molar-refractivity contribution is 6.33. The van der Waals surface area contributed by atoms with Gasteiger partial charge < -0.3 is 5.32 Å². The zero-order valence-corrected chi connectivity index (χ0v) is 15.2. The molecule has 0 spiro atoms. The Bertz CT molecular complexity index is 846. The zero-order valence-electron chi connectivity index (χ0n) is 13.7. The van der Waals surface area contributed by atoms with E-state index in [4.69, 9.17) is 23.2 Å². The van der Waals surface area contributed by atoms with Crippen molar-refractivity contribution in [2.45, 2.75) is 39.5 Å². The number of halogens is 2. The molecule has 124 valence electrons. The molecule has 0 saturated heterocycles. The van der Waals surface area contributed by atoms with Crippen LogP contribution in [0.1, 0.15) is 45.1 Å². The highest BCUT2D eigenvalue weighted by Gasteiger charge is 2.41. The van der Waals surface area contributed by atoms with E-state index in [1.54, 1.807) is 12.1 Å². The predicted octanol–water partition coefficient (Wildman–Crippen LogP) is 4.52. The molecule has 1 atom stereocenters. The van der Waals surface area contributed by atoms with E-state index >= 15 is 0 Å². The first kappa shape index (κ1) is 17.0. The van der Waals surface area contributed by atoms with Crippen molar-refractivity contribution < 1.29 is 4.79 Å². The highest BCUT2D eigenvalue weighted by Crippen LogP contribution is 2.47. The maximum atomic E-state index is 12.9. The molecule has 1 aliphatic heterocycles. The summed E-state index contributed by atoms with van der Waals surface area (Å²) in [5.74, 6) is -0.447. The lowest BCUT2D eigenvalue weighted by atomic mass is 9.69. The Morgan fingerprint density at radius 2 is 2.04 bits per heavy atom. The summed E-state index contributed by atoms with van der Waals surface area (Å²) >= 11 is 12.2. The van der Waals surface area contributed by atoms with Gasteiger partial charge in [-0.2, -0.15) is 5.26 Å². The molecule has 1 N–H and O–H groups in total. The number of nitrogens with zero attached hydrogens (tertiary/aromatic N) is 2. The monoisotopic (exact) mass is 361 g/mol. The summed E-state index contributed by atoms with van der Waals surface area (Å²) in [6.45, 7) is 5.99. The Hall–Kier alpha value is -1.83. The van der Waals surface area contributed by atoms with Crippen LogP contribution in [0.25, 0.3) is 0 Å². The van der Waals surface area contributed by atoms with Gasteiger partial charge in [0.15, 0.2) is 5.78 Å². The van der Waals surface area contributed by atoms with Crippen LogP contribution in [0.4, 0.5) is 0 Å². The second-order valence-corrected chi connectivity index (χ2v) is 7.80. The van der Waals surface area contributed by atoms with Crippen molar-refractivity contribution in [2.24, 2.45) is 5.41 Å². The van der Waals surface area contributed by atoms with Gasteiger partial charge in [0.2, 0.25) is 0 Å². The second-order valence-electron chi connectivity index (χ2n) is 7.06. The number of nitriles is 1. The van der Waals surface area contributed by atoms with Gasteiger partial charge in [-0.1, -0.05) is 43.1 Å². The molecule has 3 rings (SSSR count). The minimum absolute atomic E-state index is 0.0463. The van der Waals surface area contributed by atoms with Gasteiger partial charge in [0.25, 0.3) is 0 Å². The lowest BCUT2D eigenvalue weighted by Crippen LogP contribution is -2.37. The third-order valence-electron chi connectivity index (χ3n) is 4.51. The van der Waals surface area contributed by atoms with E-state index in [1.165, 1.54) is 0 Å². The van der Waals surface area contributed by atoms with Crippen LogP contribution in [0.5, 0.6) is 0 Å². The molecule has 0 aromatic carbocycles. The third-order valence-corrected chi connectivity index (χ3v) is 5.03. The van der Waals surface area contributed by atoms with Gasteiger partial charge in [0.05, 0.1) is 17.6 Å². The van der Waals surface area contributed by atoms with Gasteiger partial charge in [-0.15, -0.1) is 0 Å². The summed E-state index contributed by atoms with van der Waals surface area (Å²) in [5, 5.41) is 13.4. The fraction of sp³-hybridized carbons (Fsp3) is 0.389. The number of Topliss-reactive ketones (excluding diaryl/α,β-unsaturated/α-hetero) is 1. The quantitative estimate of drug-likeness (QED) is 0.746. The van der Waals surface area contributed by atoms with E-state index in [1.807, 2.05) is 6.92 Å². The summed E-state index contributed by atoms with van der Waals surface area (Å²) in [6, 6.07) is 5.61. The van der Waals surface area contributed by atoms with Crippen LogP contribution in [-0.4, -0.2) is 10.8 Å². The van der Waals surface area contributed by atoms with Crippen molar-refractivity contribution >= 4 is 29.0 Å². The Kier molecular flexibility index (Phi) is 4.19. The molecule has 1 aromatic heterocycles. The van der Waals surface area contributed by atoms with Gasteiger partial charge >= 0.3 is 0 Å². The van der Waals surface area contributed by atoms with Crippen LogP contribution in [0.2, 0.25) is 10.3 Å². The largest absolute Gasteiger partial charge is 0.361 e. The second kappa shape index (κ2) is 5.91. The van der Waals surface area contributed by atoms with Gasteiger partial charge in [-0.3, -0.25) is 4.79 Å². The predicted molar refractivity (Wildman–Crippen MR) is 93.5 cm³/mol. The van der Waals surface area contributed by atoms with Gasteiger partial charge in [-0.25, -0.2) is 4.98 Å². The molecule has 0 fully saturated rings. The third kappa shape index (κ3) is 2.83. The standard InChI is InChI=1S/C18H17Cl2N3O/c1-9-11(8-21)15(10-4-5-14(19)23-17(10)20)16-12(22-9)6-18(2,3)7-13(16)24/h4-5,15,22H,6-7H2,1-3H3/t15-/m0/s1. The smallest absolute Gasteiger partial charge is 0.162 e.